The zero-order valence-corrected chi connectivity index (χ0v) is 23.0. The lowest BCUT2D eigenvalue weighted by Gasteiger charge is -2.41. The lowest BCUT2D eigenvalue weighted by atomic mass is 9.86. The summed E-state index contributed by atoms with van der Waals surface area (Å²) in [7, 11) is 1.62. The van der Waals surface area contributed by atoms with Gasteiger partial charge in [-0.2, -0.15) is 13.2 Å². The number of rotatable bonds is 9. The number of carbonyl (C=O) groups excluding carboxylic acids is 1. The van der Waals surface area contributed by atoms with Crippen LogP contribution in [0.5, 0.6) is 17.2 Å². The smallest absolute Gasteiger partial charge is 0.490 e. The summed E-state index contributed by atoms with van der Waals surface area (Å²) in [5.41, 5.74) is 7.94. The summed E-state index contributed by atoms with van der Waals surface area (Å²) in [6, 6.07) is 11.5. The number of hydrogen-bond donors (Lipinski definition) is 3. The Bertz CT molecular complexity index is 1190. The monoisotopic (exact) mass is 587 g/mol. The molecule has 220 valence electrons. The molecule has 0 aliphatic carbocycles. The molecule has 2 aromatic carbocycles. The highest BCUT2D eigenvalue weighted by Crippen LogP contribution is 2.42. The zero-order valence-electron chi connectivity index (χ0n) is 22.2. The molecule has 2 aliphatic rings. The van der Waals surface area contributed by atoms with Gasteiger partial charge >= 0.3 is 12.1 Å². The minimum atomic E-state index is -5.08. The number of methoxy groups -OCH3 is 1. The van der Waals surface area contributed by atoms with Gasteiger partial charge in [0.25, 0.3) is 0 Å². The van der Waals surface area contributed by atoms with Crippen molar-refractivity contribution in [2.45, 2.75) is 44.0 Å². The van der Waals surface area contributed by atoms with Crippen LogP contribution >= 0.6 is 11.6 Å². The molecule has 4 rings (SSSR count). The van der Waals surface area contributed by atoms with Crippen LogP contribution in [0.15, 0.2) is 36.4 Å². The van der Waals surface area contributed by atoms with E-state index >= 15 is 0 Å². The highest BCUT2D eigenvalue weighted by Gasteiger charge is 2.43. The van der Waals surface area contributed by atoms with E-state index in [1.165, 1.54) is 5.56 Å². The van der Waals surface area contributed by atoms with Crippen molar-refractivity contribution in [3.05, 3.63) is 47.0 Å². The molecular weight excluding hydrogens is 555 g/mol. The number of carboxylic acids is 1. The molecule has 0 bridgehead atoms. The van der Waals surface area contributed by atoms with E-state index in [0.717, 1.165) is 48.8 Å². The first kappa shape index (κ1) is 31.3. The number of aliphatic carboxylic acids is 1. The molecule has 0 saturated carbocycles. The third-order valence-electron chi connectivity index (χ3n) is 6.75. The number of ether oxygens (including phenoxy) is 3. The van der Waals surface area contributed by atoms with Crippen LogP contribution in [0.2, 0.25) is 5.02 Å². The molecule has 0 radical (unpaired) electrons. The molecular formula is C27H33ClF3N3O6. The number of benzene rings is 2. The van der Waals surface area contributed by atoms with Gasteiger partial charge in [-0.25, -0.2) is 4.79 Å². The number of nitrogens with zero attached hydrogens (tertiary/aromatic N) is 1. The van der Waals surface area contributed by atoms with E-state index < -0.39 is 12.1 Å². The van der Waals surface area contributed by atoms with Crippen molar-refractivity contribution in [2.75, 3.05) is 45.2 Å². The van der Waals surface area contributed by atoms with Crippen LogP contribution in [0.3, 0.4) is 0 Å². The van der Waals surface area contributed by atoms with Gasteiger partial charge in [0.05, 0.1) is 25.4 Å². The molecule has 1 saturated heterocycles. The Labute approximate surface area is 235 Å². The van der Waals surface area contributed by atoms with Crippen LogP contribution in [0, 0.1) is 0 Å². The third-order valence-corrected chi connectivity index (χ3v) is 6.98. The van der Waals surface area contributed by atoms with Crippen LogP contribution in [-0.4, -0.2) is 79.5 Å². The van der Waals surface area contributed by atoms with Gasteiger partial charge in [0.2, 0.25) is 0 Å². The minimum Gasteiger partial charge on any atom is -0.497 e. The van der Waals surface area contributed by atoms with Gasteiger partial charge in [0.1, 0.15) is 35.2 Å². The number of anilines is 1. The summed E-state index contributed by atoms with van der Waals surface area (Å²) in [6.45, 7) is 4.50. The summed E-state index contributed by atoms with van der Waals surface area (Å²) in [4.78, 5) is 22.7. The fourth-order valence-corrected chi connectivity index (χ4v) is 4.80. The fourth-order valence-electron chi connectivity index (χ4n) is 4.60. The number of carbonyl (C=O) groups is 2. The number of ketones is 1. The Balaban J connectivity index is 0.000000559. The predicted molar refractivity (Wildman–Crippen MR) is 144 cm³/mol. The van der Waals surface area contributed by atoms with Crippen molar-refractivity contribution in [2.24, 2.45) is 5.73 Å². The highest BCUT2D eigenvalue weighted by molar-refractivity contribution is 6.30. The standard InChI is InChI=1S/C25H32ClN3O4.C2HF3O2/c1-17(30)15-28-22-5-4-21(31-2)12-24(22)32-16-20(14-27)29-9-7-25(8-10-29)13-18-11-19(26)3-6-23(18)33-25;3-2(4,5)1(6)7/h3-6,11-12,20,28H,7-10,13-16,27H2,1-2H3;(H,6,7). The molecule has 1 fully saturated rings. The number of alkyl halides is 3. The molecule has 9 nitrogen and oxygen atoms in total. The molecule has 1 unspecified atom stereocenters. The Hall–Kier alpha value is -3.22. The summed E-state index contributed by atoms with van der Waals surface area (Å²) in [5, 5.41) is 11.0. The van der Waals surface area contributed by atoms with E-state index in [-0.39, 0.29) is 24.0 Å². The van der Waals surface area contributed by atoms with Crippen molar-refractivity contribution < 1.29 is 42.1 Å². The first-order chi connectivity index (χ1) is 18.9. The maximum absolute atomic E-state index is 11.4. The maximum atomic E-state index is 11.4. The number of hydrogen-bond acceptors (Lipinski definition) is 8. The number of likely N-dealkylation sites (tertiary alicyclic amines) is 1. The second kappa shape index (κ2) is 13.4. The average molecular weight is 588 g/mol. The molecule has 1 atom stereocenters. The lowest BCUT2D eigenvalue weighted by molar-refractivity contribution is -0.192. The van der Waals surface area contributed by atoms with Gasteiger partial charge in [-0.1, -0.05) is 11.6 Å². The molecule has 0 aromatic heterocycles. The zero-order chi connectivity index (χ0) is 29.5. The largest absolute Gasteiger partial charge is 0.497 e. The van der Waals surface area contributed by atoms with Crippen LogP contribution in [0.1, 0.15) is 25.3 Å². The van der Waals surface area contributed by atoms with Crippen LogP contribution in [0.25, 0.3) is 0 Å². The summed E-state index contributed by atoms with van der Waals surface area (Å²) in [5.74, 6) is -0.408. The van der Waals surface area contributed by atoms with Gasteiger partial charge in [0.15, 0.2) is 0 Å². The molecule has 4 N–H and O–H groups in total. The second-order valence-electron chi connectivity index (χ2n) is 9.67. The number of halogens is 4. The second-order valence-corrected chi connectivity index (χ2v) is 10.1. The molecule has 2 heterocycles. The summed E-state index contributed by atoms with van der Waals surface area (Å²) >= 11 is 6.16. The Morgan fingerprint density at radius 1 is 1.23 bits per heavy atom. The van der Waals surface area contributed by atoms with Gasteiger partial charge < -0.3 is 30.4 Å². The SMILES string of the molecule is COc1ccc(NCC(C)=O)c(OCC(CN)N2CCC3(CC2)Cc2cc(Cl)ccc2O3)c1.O=C(O)C(F)(F)F. The Morgan fingerprint density at radius 2 is 1.90 bits per heavy atom. The number of Topliss-reactive ketones (excluding diaryl/α,β-unsaturated/α-hetero) is 1. The van der Waals surface area contributed by atoms with Crippen molar-refractivity contribution in [3.8, 4) is 17.2 Å². The van der Waals surface area contributed by atoms with Gasteiger partial charge in [-0.15, -0.1) is 0 Å². The van der Waals surface area contributed by atoms with Crippen LogP contribution < -0.4 is 25.3 Å². The summed E-state index contributed by atoms with van der Waals surface area (Å²) < 4.78 is 49.6. The van der Waals surface area contributed by atoms with E-state index in [4.69, 9.17) is 41.4 Å². The molecule has 2 aliphatic heterocycles. The van der Waals surface area contributed by atoms with E-state index in [1.54, 1.807) is 14.0 Å². The average Bonchev–Trinajstić information content (AvgIpc) is 3.25. The van der Waals surface area contributed by atoms with E-state index in [2.05, 4.69) is 10.2 Å². The number of nitrogens with two attached hydrogens (primary N) is 1. The summed E-state index contributed by atoms with van der Waals surface area (Å²) in [6.07, 6.45) is -2.32. The quantitative estimate of drug-likeness (QED) is 0.397. The fraction of sp³-hybridized carbons (Fsp3) is 0.481. The van der Waals surface area contributed by atoms with Crippen molar-refractivity contribution >= 4 is 29.0 Å². The molecule has 0 amide bonds. The Morgan fingerprint density at radius 3 is 2.48 bits per heavy atom. The van der Waals surface area contributed by atoms with Crippen LogP contribution in [-0.2, 0) is 16.0 Å². The number of piperidine rings is 1. The lowest BCUT2D eigenvalue weighted by Crippen LogP contribution is -2.53. The first-order valence-corrected chi connectivity index (χ1v) is 13.0. The van der Waals surface area contributed by atoms with E-state index in [0.29, 0.717) is 24.7 Å². The van der Waals surface area contributed by atoms with Crippen molar-refractivity contribution in [1.82, 2.24) is 4.90 Å². The van der Waals surface area contributed by atoms with Gasteiger partial charge in [0, 0.05) is 50.0 Å². The number of carboxylic acid groups (broad SMARTS) is 1. The van der Waals surface area contributed by atoms with E-state index in [9.17, 15) is 18.0 Å². The van der Waals surface area contributed by atoms with Crippen molar-refractivity contribution in [1.29, 1.82) is 0 Å². The first-order valence-electron chi connectivity index (χ1n) is 12.6. The van der Waals surface area contributed by atoms with Gasteiger partial charge in [-0.3, -0.25) is 9.69 Å². The molecule has 40 heavy (non-hydrogen) atoms. The highest BCUT2D eigenvalue weighted by atomic mass is 35.5. The normalized spacial score (nSPS) is 16.7. The molecule has 1 spiro atoms. The van der Waals surface area contributed by atoms with Crippen LogP contribution in [0.4, 0.5) is 18.9 Å². The molecule has 13 heteroatoms. The minimum absolute atomic E-state index is 0.0532. The maximum Gasteiger partial charge on any atom is 0.490 e. The predicted octanol–water partition coefficient (Wildman–Crippen LogP) is 4.16. The van der Waals surface area contributed by atoms with Crippen molar-refractivity contribution in [3.63, 3.8) is 0 Å². The van der Waals surface area contributed by atoms with E-state index in [1.807, 2.05) is 36.4 Å². The Kier molecular flexibility index (Phi) is 10.5. The van der Waals surface area contributed by atoms with Gasteiger partial charge in [-0.05, 0) is 42.8 Å². The third kappa shape index (κ3) is 8.39. The molecule has 2 aromatic rings. The number of nitrogens with one attached hydrogen (secondary N) is 1. The number of fused-ring (bicyclic) bond motifs is 1. The topological polar surface area (TPSA) is 123 Å².